The maximum absolute atomic E-state index is 2.30. The summed E-state index contributed by atoms with van der Waals surface area (Å²) in [5, 5.41) is 0. The molecule has 0 N–H and O–H groups in total. The van der Waals surface area contributed by atoms with Crippen LogP contribution in [-0.4, -0.2) is 0 Å². The van der Waals surface area contributed by atoms with Crippen LogP contribution in [0.1, 0.15) is 13.8 Å². The first kappa shape index (κ1) is 19.1. The maximum Gasteiger partial charge on any atom is -0.147 e. The van der Waals surface area contributed by atoms with Crippen LogP contribution in [0.3, 0.4) is 0 Å². The Kier molecular flexibility index (Phi) is 26.8. The molecule has 0 nitrogen and oxygen atoms in total. The predicted octanol–water partition coefficient (Wildman–Crippen LogP) is 4.09. The van der Waals surface area contributed by atoms with E-state index in [0.29, 0.717) is 0 Å². The number of rotatable bonds is 4. The second-order valence-corrected chi connectivity index (χ2v) is 4.39. The third-order valence-electron chi connectivity index (χ3n) is 0.992. The van der Waals surface area contributed by atoms with Crippen LogP contribution in [-0.2, 0) is 23.2 Å². The summed E-state index contributed by atoms with van der Waals surface area (Å²) in [6.45, 7) is 4.07. The van der Waals surface area contributed by atoms with Crippen LogP contribution in [0.15, 0.2) is 44.0 Å². The molecule has 0 aromatic heterocycles. The average Bonchev–Trinajstić information content (AvgIpc) is 2.03. The summed E-state index contributed by atoms with van der Waals surface area (Å²) in [6.07, 6.45) is 12.5. The van der Waals surface area contributed by atoms with E-state index in [-0.39, 0.29) is 48.0 Å². The van der Waals surface area contributed by atoms with Crippen LogP contribution in [0.25, 0.3) is 0 Å². The standard InChI is InChI=1S/2C5H7.2ClH.Zr/c2*1-3-5-4-2;;;/h2*1,3-5H,2H3;2*1H;. The van der Waals surface area contributed by atoms with Crippen molar-refractivity contribution in [1.29, 1.82) is 0 Å². The summed E-state index contributed by atoms with van der Waals surface area (Å²) in [5.74, 6) is 0. The predicted molar refractivity (Wildman–Crippen MR) is 62.4 cm³/mol. The molecular weight excluding hydrogens is 282 g/mol. The third kappa shape index (κ3) is 19.0. The molecular formula is C10H16Cl2Zr. The van der Waals surface area contributed by atoms with E-state index in [0.717, 1.165) is 0 Å². The normalized spacial score (nSPS) is 10.9. The van der Waals surface area contributed by atoms with Gasteiger partial charge in [-0.15, -0.1) is 24.8 Å². The monoisotopic (exact) mass is 296 g/mol. The van der Waals surface area contributed by atoms with Gasteiger partial charge < -0.3 is 0 Å². The van der Waals surface area contributed by atoms with Gasteiger partial charge in [0.05, 0.1) is 0 Å². The molecule has 0 atom stereocenters. The first-order chi connectivity index (χ1) is 5.41. The quantitative estimate of drug-likeness (QED) is 0.686. The second kappa shape index (κ2) is 18.3. The molecule has 0 fully saturated rings. The Balaban J connectivity index is -0.000000500. The van der Waals surface area contributed by atoms with Crippen molar-refractivity contribution in [2.45, 2.75) is 13.8 Å². The summed E-state index contributed by atoms with van der Waals surface area (Å²) in [5.41, 5.74) is 0. The second-order valence-electron chi connectivity index (χ2n) is 1.94. The largest absolute Gasteiger partial charge is 0.147 e. The smallest absolute Gasteiger partial charge is 0.147 e. The van der Waals surface area contributed by atoms with Gasteiger partial charge in [-0.3, -0.25) is 0 Å². The van der Waals surface area contributed by atoms with E-state index in [1.807, 2.05) is 26.0 Å². The molecule has 0 spiro atoms. The molecule has 74 valence electrons. The number of hydrogen-bond donors (Lipinski definition) is 0. The summed E-state index contributed by atoms with van der Waals surface area (Å²) >= 11 is -0.340. The molecule has 0 aliphatic rings. The van der Waals surface area contributed by atoms with Gasteiger partial charge in [-0.25, -0.2) is 0 Å². The average molecular weight is 298 g/mol. The molecule has 0 radical (unpaired) electrons. The molecule has 0 heterocycles. The molecule has 0 aromatic carbocycles. The first-order valence-electron chi connectivity index (χ1n) is 3.73. The number of allylic oxidation sites excluding steroid dienone is 6. The van der Waals surface area contributed by atoms with Crippen LogP contribution in [0.5, 0.6) is 0 Å². The van der Waals surface area contributed by atoms with Crippen molar-refractivity contribution in [1.82, 2.24) is 0 Å². The van der Waals surface area contributed by atoms with Crippen LogP contribution in [0, 0.1) is 0 Å². The van der Waals surface area contributed by atoms with Crippen molar-refractivity contribution in [2.24, 2.45) is 0 Å². The van der Waals surface area contributed by atoms with Crippen LogP contribution in [0.4, 0.5) is 0 Å². The van der Waals surface area contributed by atoms with Crippen LogP contribution < -0.4 is 0 Å². The van der Waals surface area contributed by atoms with Crippen molar-refractivity contribution >= 4 is 24.8 Å². The summed E-state index contributed by atoms with van der Waals surface area (Å²) < 4.78 is 4.59. The van der Waals surface area contributed by atoms with Crippen molar-refractivity contribution < 1.29 is 23.2 Å². The molecule has 0 bridgehead atoms. The van der Waals surface area contributed by atoms with Gasteiger partial charge in [0.25, 0.3) is 0 Å². The van der Waals surface area contributed by atoms with E-state index in [1.165, 1.54) is 0 Å². The van der Waals surface area contributed by atoms with E-state index in [4.69, 9.17) is 0 Å². The first-order valence-corrected chi connectivity index (χ1v) is 6.57. The summed E-state index contributed by atoms with van der Waals surface area (Å²) in [6, 6.07) is 0. The van der Waals surface area contributed by atoms with Crippen molar-refractivity contribution in [3.63, 3.8) is 0 Å². The van der Waals surface area contributed by atoms with Crippen molar-refractivity contribution in [3.05, 3.63) is 44.0 Å². The molecule has 0 amide bonds. The fraction of sp³-hybridized carbons (Fsp3) is 0.200. The molecule has 0 aromatic rings. The fourth-order valence-corrected chi connectivity index (χ4v) is 1.87. The zero-order chi connectivity index (χ0) is 8.36. The molecule has 0 rings (SSSR count). The van der Waals surface area contributed by atoms with E-state index in [9.17, 15) is 0 Å². The molecule has 0 aliphatic heterocycles. The molecule has 0 saturated heterocycles. The Morgan fingerprint density at radius 3 is 1.38 bits per heavy atom. The van der Waals surface area contributed by atoms with Gasteiger partial charge in [-0.2, -0.15) is 0 Å². The summed E-state index contributed by atoms with van der Waals surface area (Å²) in [4.78, 5) is 0. The van der Waals surface area contributed by atoms with Gasteiger partial charge in [0.15, 0.2) is 0 Å². The van der Waals surface area contributed by atoms with Crippen molar-refractivity contribution in [2.75, 3.05) is 0 Å². The van der Waals surface area contributed by atoms with Gasteiger partial charge in [-0.1, -0.05) is 0 Å². The van der Waals surface area contributed by atoms with E-state index >= 15 is 0 Å². The Bertz CT molecular complexity index is 161. The topological polar surface area (TPSA) is 0 Å². The number of halogens is 2. The Morgan fingerprint density at radius 1 is 0.692 bits per heavy atom. The van der Waals surface area contributed by atoms with E-state index < -0.39 is 0 Å². The SMILES string of the molecule is CC=CC=[CH][Zr][CH]=CC=CC.Cl.Cl. The van der Waals surface area contributed by atoms with Crippen molar-refractivity contribution in [3.8, 4) is 0 Å². The zero-order valence-corrected chi connectivity index (χ0v) is 12.0. The minimum atomic E-state index is -0.340. The molecule has 0 aliphatic carbocycles. The number of hydrogen-bond acceptors (Lipinski definition) is 0. The molecule has 0 unspecified atom stereocenters. The van der Waals surface area contributed by atoms with Crippen LogP contribution >= 0.6 is 24.8 Å². The van der Waals surface area contributed by atoms with Gasteiger partial charge >= 0.3 is 81.1 Å². The van der Waals surface area contributed by atoms with Gasteiger partial charge in [0.2, 0.25) is 0 Å². The van der Waals surface area contributed by atoms with Gasteiger partial charge in [-0.05, 0) is 0 Å². The molecule has 13 heavy (non-hydrogen) atoms. The minimum absolute atomic E-state index is 0. The zero-order valence-electron chi connectivity index (χ0n) is 7.94. The van der Waals surface area contributed by atoms with E-state index in [2.05, 4.69) is 31.9 Å². The Morgan fingerprint density at radius 2 is 1.08 bits per heavy atom. The third-order valence-corrected chi connectivity index (χ3v) is 2.88. The minimum Gasteiger partial charge on any atom is -0.147 e. The Labute approximate surface area is 105 Å². The van der Waals surface area contributed by atoms with Gasteiger partial charge in [0.1, 0.15) is 0 Å². The fourth-order valence-electron chi connectivity index (χ4n) is 0.500. The molecule has 3 heteroatoms. The summed E-state index contributed by atoms with van der Waals surface area (Å²) in [7, 11) is 0. The van der Waals surface area contributed by atoms with Gasteiger partial charge in [0, 0.05) is 0 Å². The Hall–Kier alpha value is 0.423. The molecule has 0 saturated carbocycles. The maximum atomic E-state index is 2.30. The van der Waals surface area contributed by atoms with Crippen LogP contribution in [0.2, 0.25) is 0 Å². The van der Waals surface area contributed by atoms with E-state index in [1.54, 1.807) is 0 Å².